The van der Waals surface area contributed by atoms with Crippen molar-refractivity contribution in [1.82, 2.24) is 5.32 Å². The molecule has 0 aromatic heterocycles. The summed E-state index contributed by atoms with van der Waals surface area (Å²) < 4.78 is 14.0. The maximum Gasteiger partial charge on any atom is 0.134 e. The summed E-state index contributed by atoms with van der Waals surface area (Å²) in [5.74, 6) is 0.107. The number of hydrogen-bond donors (Lipinski definition) is 2. The summed E-state index contributed by atoms with van der Waals surface area (Å²) in [7, 11) is 1.79. The van der Waals surface area contributed by atoms with Crippen molar-refractivity contribution in [2.45, 2.75) is 19.0 Å². The Balaban J connectivity index is 2.80. The normalized spacial score (nSPS) is 15.1. The Morgan fingerprint density at radius 2 is 2.21 bits per heavy atom. The van der Waals surface area contributed by atoms with Gasteiger partial charge in [-0.2, -0.15) is 0 Å². The van der Waals surface area contributed by atoms with Crippen LogP contribution in [0.25, 0.3) is 0 Å². The molecule has 1 atom stereocenters. The van der Waals surface area contributed by atoms with Gasteiger partial charge in [0.15, 0.2) is 0 Å². The molecule has 1 aromatic carbocycles. The molecule has 0 heterocycles. The third-order valence-corrected chi connectivity index (χ3v) is 2.29. The number of aromatic hydroxyl groups is 1. The van der Waals surface area contributed by atoms with Crippen molar-refractivity contribution in [3.05, 3.63) is 29.8 Å². The first kappa shape index (κ1) is 11.0. The minimum atomic E-state index is -1.39. The number of phenolic OH excluding ortho intramolecular Hbond substituents is 1. The molecule has 0 bridgehead atoms. The zero-order valence-corrected chi connectivity index (χ0v) is 8.55. The van der Waals surface area contributed by atoms with Gasteiger partial charge in [-0.05, 0) is 44.6 Å². The Labute approximate surface area is 83.8 Å². The first-order chi connectivity index (χ1) is 6.56. The van der Waals surface area contributed by atoms with Crippen molar-refractivity contribution in [3.8, 4) is 5.75 Å². The van der Waals surface area contributed by atoms with Crippen LogP contribution in [0.15, 0.2) is 24.3 Å². The number of hydrogen-bond acceptors (Lipinski definition) is 2. The van der Waals surface area contributed by atoms with Gasteiger partial charge in [0, 0.05) is 0 Å². The van der Waals surface area contributed by atoms with Crippen LogP contribution in [0.4, 0.5) is 4.39 Å². The molecule has 0 fully saturated rings. The monoisotopic (exact) mass is 197 g/mol. The van der Waals surface area contributed by atoms with Crippen molar-refractivity contribution in [3.63, 3.8) is 0 Å². The second-order valence-electron chi connectivity index (χ2n) is 3.60. The van der Waals surface area contributed by atoms with Gasteiger partial charge in [0.2, 0.25) is 0 Å². The summed E-state index contributed by atoms with van der Waals surface area (Å²) in [6.45, 7) is 2.14. The van der Waals surface area contributed by atoms with Crippen LogP contribution in [0.5, 0.6) is 5.75 Å². The van der Waals surface area contributed by atoms with Gasteiger partial charge < -0.3 is 10.4 Å². The highest BCUT2D eigenvalue weighted by Gasteiger charge is 2.25. The summed E-state index contributed by atoms with van der Waals surface area (Å²) in [6.07, 6.45) is 0.396. The molecule has 0 aliphatic heterocycles. The number of benzene rings is 1. The molecule has 14 heavy (non-hydrogen) atoms. The van der Waals surface area contributed by atoms with E-state index in [1.165, 1.54) is 19.1 Å². The van der Waals surface area contributed by atoms with Crippen LogP contribution in [0.2, 0.25) is 0 Å². The molecule has 0 amide bonds. The lowest BCUT2D eigenvalue weighted by Gasteiger charge is -2.20. The third-order valence-electron chi connectivity index (χ3n) is 2.29. The molecule has 0 spiro atoms. The van der Waals surface area contributed by atoms with Crippen molar-refractivity contribution < 1.29 is 9.50 Å². The Hall–Kier alpha value is -1.09. The zero-order chi connectivity index (χ0) is 10.6. The quantitative estimate of drug-likeness (QED) is 0.775. The lowest BCUT2D eigenvalue weighted by atomic mass is 9.94. The van der Waals surface area contributed by atoms with E-state index in [9.17, 15) is 9.50 Å². The predicted molar refractivity (Wildman–Crippen MR) is 55.1 cm³/mol. The Kier molecular flexibility index (Phi) is 3.47. The average Bonchev–Trinajstić information content (AvgIpc) is 2.15. The van der Waals surface area contributed by atoms with Crippen LogP contribution < -0.4 is 5.32 Å². The highest BCUT2D eigenvalue weighted by Crippen LogP contribution is 2.30. The van der Waals surface area contributed by atoms with Crippen LogP contribution >= 0.6 is 0 Å². The third kappa shape index (κ3) is 2.70. The van der Waals surface area contributed by atoms with Crippen LogP contribution in [-0.4, -0.2) is 18.7 Å². The molecule has 0 radical (unpaired) electrons. The second kappa shape index (κ2) is 4.42. The molecule has 0 saturated carbocycles. The summed E-state index contributed by atoms with van der Waals surface area (Å²) in [6, 6.07) is 6.35. The molecule has 2 nitrogen and oxygen atoms in total. The van der Waals surface area contributed by atoms with Gasteiger partial charge in [0.1, 0.15) is 11.4 Å². The van der Waals surface area contributed by atoms with Crippen molar-refractivity contribution in [1.29, 1.82) is 0 Å². The van der Waals surface area contributed by atoms with Crippen LogP contribution in [0.1, 0.15) is 18.9 Å². The maximum absolute atomic E-state index is 14.0. The fourth-order valence-corrected chi connectivity index (χ4v) is 1.33. The first-order valence-corrected chi connectivity index (χ1v) is 4.69. The van der Waals surface area contributed by atoms with Crippen LogP contribution in [0.3, 0.4) is 0 Å². The highest BCUT2D eigenvalue weighted by molar-refractivity contribution is 5.30. The number of alkyl halides is 1. The van der Waals surface area contributed by atoms with E-state index in [1.807, 2.05) is 0 Å². The van der Waals surface area contributed by atoms with Gasteiger partial charge >= 0.3 is 0 Å². The van der Waals surface area contributed by atoms with Crippen molar-refractivity contribution in [2.24, 2.45) is 0 Å². The summed E-state index contributed by atoms with van der Waals surface area (Å²) in [5, 5.41) is 12.1. The van der Waals surface area contributed by atoms with Crippen LogP contribution in [-0.2, 0) is 5.67 Å². The van der Waals surface area contributed by atoms with Gasteiger partial charge in [-0.25, -0.2) is 4.39 Å². The number of rotatable bonds is 4. The molecule has 1 aromatic rings. The Morgan fingerprint density at radius 1 is 1.50 bits per heavy atom. The summed E-state index contributed by atoms with van der Waals surface area (Å²) in [5.41, 5.74) is -0.866. The number of halogens is 1. The Bertz CT molecular complexity index is 299. The fraction of sp³-hybridized carbons (Fsp3) is 0.455. The van der Waals surface area contributed by atoms with Gasteiger partial charge in [-0.15, -0.1) is 0 Å². The SMILES string of the molecule is CNCCC(C)(F)c1cccc(O)c1. The smallest absolute Gasteiger partial charge is 0.134 e. The van der Waals surface area contributed by atoms with E-state index >= 15 is 0 Å². The minimum Gasteiger partial charge on any atom is -0.508 e. The van der Waals surface area contributed by atoms with E-state index in [2.05, 4.69) is 5.32 Å². The molecule has 1 rings (SSSR count). The van der Waals surface area contributed by atoms with E-state index in [0.717, 1.165) is 0 Å². The van der Waals surface area contributed by atoms with E-state index in [0.29, 0.717) is 18.5 Å². The summed E-state index contributed by atoms with van der Waals surface area (Å²) in [4.78, 5) is 0. The highest BCUT2D eigenvalue weighted by atomic mass is 19.1. The molecule has 3 heteroatoms. The largest absolute Gasteiger partial charge is 0.508 e. The van der Waals surface area contributed by atoms with Gasteiger partial charge in [-0.3, -0.25) is 0 Å². The minimum absolute atomic E-state index is 0.107. The molecule has 0 aliphatic rings. The van der Waals surface area contributed by atoms with Crippen molar-refractivity contribution in [2.75, 3.05) is 13.6 Å². The standard InChI is InChI=1S/C11H16FNO/c1-11(12,6-7-13-2)9-4-3-5-10(14)8-9/h3-5,8,13-14H,6-7H2,1-2H3. The van der Waals surface area contributed by atoms with E-state index in [1.54, 1.807) is 19.2 Å². The van der Waals surface area contributed by atoms with E-state index in [4.69, 9.17) is 0 Å². The topological polar surface area (TPSA) is 32.3 Å². The van der Waals surface area contributed by atoms with Gasteiger partial charge in [0.25, 0.3) is 0 Å². The molecular weight excluding hydrogens is 181 g/mol. The Morgan fingerprint density at radius 3 is 2.79 bits per heavy atom. The average molecular weight is 197 g/mol. The number of nitrogens with one attached hydrogen (secondary N) is 1. The summed E-state index contributed by atoms with van der Waals surface area (Å²) >= 11 is 0. The molecule has 2 N–H and O–H groups in total. The number of phenols is 1. The van der Waals surface area contributed by atoms with Gasteiger partial charge in [0.05, 0.1) is 0 Å². The zero-order valence-electron chi connectivity index (χ0n) is 8.55. The predicted octanol–water partition coefficient (Wildman–Crippen LogP) is 2.19. The maximum atomic E-state index is 14.0. The molecule has 78 valence electrons. The molecule has 0 aliphatic carbocycles. The fourth-order valence-electron chi connectivity index (χ4n) is 1.33. The lowest BCUT2D eigenvalue weighted by molar-refractivity contribution is 0.176. The van der Waals surface area contributed by atoms with E-state index in [-0.39, 0.29) is 5.75 Å². The molecular formula is C11H16FNO. The lowest BCUT2D eigenvalue weighted by Crippen LogP contribution is -2.22. The second-order valence-corrected chi connectivity index (χ2v) is 3.60. The van der Waals surface area contributed by atoms with Gasteiger partial charge in [-0.1, -0.05) is 12.1 Å². The first-order valence-electron chi connectivity index (χ1n) is 4.69. The van der Waals surface area contributed by atoms with Crippen LogP contribution in [0, 0.1) is 0 Å². The molecule has 0 saturated heterocycles. The van der Waals surface area contributed by atoms with E-state index < -0.39 is 5.67 Å². The molecule has 1 unspecified atom stereocenters. The van der Waals surface area contributed by atoms with Crippen molar-refractivity contribution >= 4 is 0 Å².